The number of allylic oxidation sites excluding steroid dienone is 2. The largest absolute Gasteiger partial charge is 0.507 e. The van der Waals surface area contributed by atoms with E-state index >= 15 is 0 Å². The molecule has 2 aliphatic heterocycles. The second-order valence-corrected chi connectivity index (χ2v) is 12.3. The number of fused-ring (bicyclic) bond motifs is 5. The van der Waals surface area contributed by atoms with Crippen molar-refractivity contribution in [3.8, 4) is 5.75 Å². The van der Waals surface area contributed by atoms with Gasteiger partial charge in [-0.2, -0.15) is 0 Å². The molecule has 0 radical (unpaired) electrons. The average molecular weight is 585 g/mol. The SMILES string of the molecule is CN1C(=O)C2(Cl)CC3C(=CCC4C(=O)N(CCCC(=O)O)C(=O)C43)C(c3ccc4ccccc4c3O)C2(Cl)C1=O. The standard InChI is InChI=1S/C29H26Cl2N2O7/c1-32-26(39)28(30)13-19-16(10-11-17-21(19)25(38)33(24(17)37)12-4-7-20(34)35)22(29(28,31)27(32)40)18-9-8-14-5-2-3-6-15(14)23(18)36/h2-3,5-6,8-10,17,19,21-22,36H,4,7,11-13H2,1H3,(H,34,35). The molecule has 4 amide bonds. The van der Waals surface area contributed by atoms with E-state index in [0.717, 1.165) is 15.2 Å². The van der Waals surface area contributed by atoms with Crippen molar-refractivity contribution in [2.75, 3.05) is 13.6 Å². The van der Waals surface area contributed by atoms with Crippen LogP contribution in [0.15, 0.2) is 48.0 Å². The Morgan fingerprint density at radius 2 is 1.75 bits per heavy atom. The molecule has 4 aliphatic rings. The third-order valence-corrected chi connectivity index (χ3v) is 10.5. The quantitative estimate of drug-likeness (QED) is 0.312. The number of nitrogens with zero attached hydrogens (tertiary/aromatic N) is 2. The number of carboxylic acid groups (broad SMARTS) is 1. The third kappa shape index (κ3) is 3.37. The summed E-state index contributed by atoms with van der Waals surface area (Å²) >= 11 is 14.3. The fraction of sp³-hybridized carbons (Fsp3) is 0.414. The monoisotopic (exact) mass is 584 g/mol. The zero-order valence-corrected chi connectivity index (χ0v) is 23.0. The molecule has 2 aromatic rings. The van der Waals surface area contributed by atoms with Crippen LogP contribution >= 0.6 is 23.2 Å². The van der Waals surface area contributed by atoms with Crippen LogP contribution in [0.5, 0.6) is 5.75 Å². The van der Waals surface area contributed by atoms with Crippen LogP contribution in [0.3, 0.4) is 0 Å². The molecule has 2 saturated heterocycles. The summed E-state index contributed by atoms with van der Waals surface area (Å²) in [4.78, 5) is 63.3. The molecule has 0 aromatic heterocycles. The fourth-order valence-electron chi connectivity index (χ4n) is 7.27. The highest BCUT2D eigenvalue weighted by atomic mass is 35.5. The molecule has 40 heavy (non-hydrogen) atoms. The molecule has 0 spiro atoms. The van der Waals surface area contributed by atoms with Gasteiger partial charge in [0.2, 0.25) is 11.8 Å². The van der Waals surface area contributed by atoms with Gasteiger partial charge in [-0.05, 0) is 30.6 Å². The van der Waals surface area contributed by atoms with Crippen LogP contribution in [0.2, 0.25) is 0 Å². The lowest BCUT2D eigenvalue weighted by Crippen LogP contribution is -2.60. The second-order valence-electron chi connectivity index (χ2n) is 11.0. The molecular weight excluding hydrogens is 559 g/mol. The number of imide groups is 2. The molecular formula is C29H26Cl2N2O7. The van der Waals surface area contributed by atoms with Crippen LogP contribution in [0.25, 0.3) is 10.8 Å². The number of phenols is 1. The van der Waals surface area contributed by atoms with Gasteiger partial charge in [-0.1, -0.05) is 48.0 Å². The van der Waals surface area contributed by atoms with Crippen LogP contribution in [0, 0.1) is 17.8 Å². The maximum absolute atomic E-state index is 13.7. The molecule has 0 bridgehead atoms. The smallest absolute Gasteiger partial charge is 0.303 e. The summed E-state index contributed by atoms with van der Waals surface area (Å²) in [6, 6.07) is 10.6. The predicted octanol–water partition coefficient (Wildman–Crippen LogP) is 3.40. The summed E-state index contributed by atoms with van der Waals surface area (Å²) in [5, 5.41) is 21.8. The number of carboxylic acids is 1. The summed E-state index contributed by atoms with van der Waals surface area (Å²) in [6.45, 7) is -0.0282. The molecule has 2 aromatic carbocycles. The van der Waals surface area contributed by atoms with Crippen molar-refractivity contribution in [2.24, 2.45) is 17.8 Å². The van der Waals surface area contributed by atoms with E-state index in [1.165, 1.54) is 7.05 Å². The lowest BCUT2D eigenvalue weighted by molar-refractivity contribution is -0.142. The maximum Gasteiger partial charge on any atom is 0.303 e. The van der Waals surface area contributed by atoms with Gasteiger partial charge < -0.3 is 10.2 Å². The number of phenolic OH excluding ortho intramolecular Hbond substituents is 1. The summed E-state index contributed by atoms with van der Waals surface area (Å²) < 4.78 is 0. The van der Waals surface area contributed by atoms with E-state index in [4.69, 9.17) is 28.3 Å². The van der Waals surface area contributed by atoms with Crippen molar-refractivity contribution in [1.82, 2.24) is 9.80 Å². The number of carbonyl (C=O) groups excluding carboxylic acids is 4. The Bertz CT molecular complexity index is 1560. The van der Waals surface area contributed by atoms with Crippen LogP contribution in [0.1, 0.15) is 37.2 Å². The third-order valence-electron chi connectivity index (χ3n) is 9.12. The molecule has 11 heteroatoms. The van der Waals surface area contributed by atoms with E-state index in [1.807, 2.05) is 12.1 Å². The average Bonchev–Trinajstić information content (AvgIpc) is 3.24. The van der Waals surface area contributed by atoms with Crippen molar-refractivity contribution in [1.29, 1.82) is 0 Å². The number of amides is 4. The second kappa shape index (κ2) is 9.04. The number of benzene rings is 2. The highest BCUT2D eigenvalue weighted by Gasteiger charge is 2.76. The van der Waals surface area contributed by atoms with Crippen LogP contribution < -0.4 is 0 Å². The molecule has 9 nitrogen and oxygen atoms in total. The Morgan fingerprint density at radius 3 is 2.48 bits per heavy atom. The van der Waals surface area contributed by atoms with Gasteiger partial charge in [-0.3, -0.25) is 33.8 Å². The Labute approximate surface area is 239 Å². The molecule has 1 saturated carbocycles. The summed E-state index contributed by atoms with van der Waals surface area (Å²) in [7, 11) is 1.31. The van der Waals surface area contributed by atoms with Crippen molar-refractivity contribution in [3.63, 3.8) is 0 Å². The van der Waals surface area contributed by atoms with E-state index in [9.17, 15) is 29.1 Å². The number of likely N-dealkylation sites (tertiary alicyclic amines) is 2. The van der Waals surface area contributed by atoms with Gasteiger partial charge in [0.1, 0.15) is 5.75 Å². The number of halogens is 2. The molecule has 3 fully saturated rings. The molecule has 6 unspecified atom stereocenters. The summed E-state index contributed by atoms with van der Waals surface area (Å²) in [5.41, 5.74) is 0.891. The number of rotatable bonds is 5. The predicted molar refractivity (Wildman–Crippen MR) is 145 cm³/mol. The number of aromatic hydroxyl groups is 1. The number of alkyl halides is 2. The Hall–Kier alpha value is -3.43. The number of aliphatic carboxylic acids is 1. The first-order valence-corrected chi connectivity index (χ1v) is 13.9. The summed E-state index contributed by atoms with van der Waals surface area (Å²) in [6.07, 6.45) is 1.78. The van der Waals surface area contributed by atoms with Gasteiger partial charge in [0.05, 0.1) is 11.8 Å². The Kier molecular flexibility index (Phi) is 6.05. The first kappa shape index (κ1) is 26.8. The topological polar surface area (TPSA) is 132 Å². The lowest BCUT2D eigenvalue weighted by atomic mass is 9.56. The minimum Gasteiger partial charge on any atom is -0.507 e. The van der Waals surface area contributed by atoms with E-state index in [2.05, 4.69) is 0 Å². The van der Waals surface area contributed by atoms with Gasteiger partial charge in [0.15, 0.2) is 9.75 Å². The van der Waals surface area contributed by atoms with Crippen LogP contribution in [0.4, 0.5) is 0 Å². The minimum absolute atomic E-state index is 0.0282. The summed E-state index contributed by atoms with van der Waals surface area (Å²) in [5.74, 6) is -6.69. The number of carbonyl (C=O) groups is 5. The van der Waals surface area contributed by atoms with Gasteiger partial charge in [-0.25, -0.2) is 0 Å². The Balaban J connectivity index is 1.50. The number of hydrogen-bond acceptors (Lipinski definition) is 6. The van der Waals surface area contributed by atoms with Crippen molar-refractivity contribution in [3.05, 3.63) is 53.6 Å². The van der Waals surface area contributed by atoms with E-state index in [1.54, 1.807) is 30.3 Å². The maximum atomic E-state index is 13.7. The minimum atomic E-state index is -1.98. The van der Waals surface area contributed by atoms with Gasteiger partial charge in [0, 0.05) is 36.9 Å². The molecule has 2 aliphatic carbocycles. The zero-order valence-electron chi connectivity index (χ0n) is 21.5. The van der Waals surface area contributed by atoms with Crippen LogP contribution in [-0.2, 0) is 24.0 Å². The van der Waals surface area contributed by atoms with E-state index in [-0.39, 0.29) is 38.0 Å². The normalized spacial score (nSPS) is 33.2. The highest BCUT2D eigenvalue weighted by molar-refractivity contribution is 6.53. The van der Waals surface area contributed by atoms with Crippen molar-refractivity contribution >= 4 is 63.6 Å². The van der Waals surface area contributed by atoms with Gasteiger partial charge in [-0.15, -0.1) is 23.2 Å². The first-order valence-electron chi connectivity index (χ1n) is 13.1. The van der Waals surface area contributed by atoms with Crippen LogP contribution in [-0.4, -0.2) is 73.0 Å². The lowest BCUT2D eigenvalue weighted by Gasteiger charge is -2.50. The molecule has 6 rings (SSSR count). The van der Waals surface area contributed by atoms with Crippen molar-refractivity contribution < 1.29 is 34.2 Å². The van der Waals surface area contributed by atoms with E-state index in [0.29, 0.717) is 16.5 Å². The molecule has 2 heterocycles. The first-order chi connectivity index (χ1) is 18.9. The molecule has 6 atom stereocenters. The fourth-order valence-corrected chi connectivity index (χ4v) is 8.28. The number of hydrogen-bond donors (Lipinski definition) is 2. The zero-order chi connectivity index (χ0) is 28.7. The van der Waals surface area contributed by atoms with E-state index < -0.39 is 63.0 Å². The molecule has 2 N–H and O–H groups in total. The molecule has 208 valence electrons. The Morgan fingerprint density at radius 1 is 1.02 bits per heavy atom. The van der Waals surface area contributed by atoms with Gasteiger partial charge in [0.25, 0.3) is 11.8 Å². The van der Waals surface area contributed by atoms with Gasteiger partial charge >= 0.3 is 5.97 Å². The van der Waals surface area contributed by atoms with Crippen molar-refractivity contribution in [2.45, 2.75) is 41.3 Å². The highest BCUT2D eigenvalue weighted by Crippen LogP contribution is 2.66.